The molecule has 0 unspecified atom stereocenters. The minimum Gasteiger partial charge on any atom is -0.478 e. The van der Waals surface area contributed by atoms with Gasteiger partial charge in [-0.2, -0.15) is 0 Å². The van der Waals surface area contributed by atoms with E-state index in [1.54, 1.807) is 18.5 Å². The van der Waals surface area contributed by atoms with Gasteiger partial charge in [0.1, 0.15) is 0 Å². The monoisotopic (exact) mass is 280 g/mol. The highest BCUT2D eigenvalue weighted by Crippen LogP contribution is 2.26. The highest BCUT2D eigenvalue weighted by Gasteiger charge is 2.11. The smallest absolute Gasteiger partial charge is 0.336 e. The van der Waals surface area contributed by atoms with Crippen LogP contribution in [-0.2, 0) is 0 Å². The molecule has 0 aliphatic rings. The summed E-state index contributed by atoms with van der Waals surface area (Å²) in [5.74, 6) is -0.985. The lowest BCUT2D eigenvalue weighted by molar-refractivity contribution is 0.0693. The molecule has 0 aromatic carbocycles. The molecule has 0 saturated carbocycles. The van der Waals surface area contributed by atoms with E-state index >= 15 is 0 Å². The first-order chi connectivity index (χ1) is 9.19. The molecule has 0 fully saturated rings. The van der Waals surface area contributed by atoms with Gasteiger partial charge in [0.05, 0.1) is 5.56 Å². The standard InChI is InChI=1S/C10H7N3O2S.HNO2/c14-9(15)7-2-5-11-6-8(7)16-10-12-3-1-4-13-10;2-1-3/h1-6H,(H,14,15);(H,2,3). The highest BCUT2D eigenvalue weighted by atomic mass is 32.2. The Hall–Kier alpha value is -2.55. The third-order valence-corrected chi connectivity index (χ3v) is 2.70. The molecule has 9 heteroatoms. The Morgan fingerprint density at radius 2 is 1.89 bits per heavy atom. The van der Waals surface area contributed by atoms with E-state index < -0.39 is 5.97 Å². The lowest BCUT2D eigenvalue weighted by Gasteiger charge is -2.02. The highest BCUT2D eigenvalue weighted by molar-refractivity contribution is 7.99. The molecule has 0 radical (unpaired) electrons. The fourth-order valence-electron chi connectivity index (χ4n) is 1.07. The van der Waals surface area contributed by atoms with E-state index in [1.165, 1.54) is 35.6 Å². The van der Waals surface area contributed by atoms with Crippen LogP contribution in [0.15, 0.2) is 52.3 Å². The molecular formula is C10H8N4O4S. The first-order valence-electron chi connectivity index (χ1n) is 4.78. The number of aromatic carboxylic acids is 1. The van der Waals surface area contributed by atoms with E-state index in [1.807, 2.05) is 0 Å². The Morgan fingerprint density at radius 3 is 2.47 bits per heavy atom. The molecule has 2 aromatic rings. The van der Waals surface area contributed by atoms with E-state index in [0.29, 0.717) is 10.1 Å². The second-order valence-electron chi connectivity index (χ2n) is 2.89. The van der Waals surface area contributed by atoms with Crippen LogP contribution in [0.3, 0.4) is 0 Å². The van der Waals surface area contributed by atoms with Crippen molar-refractivity contribution in [2.45, 2.75) is 10.1 Å². The van der Waals surface area contributed by atoms with Crippen molar-refractivity contribution in [2.24, 2.45) is 5.34 Å². The van der Waals surface area contributed by atoms with Crippen LogP contribution in [0.2, 0.25) is 0 Å². The molecule has 2 aromatic heterocycles. The Balaban J connectivity index is 0.000000550. The first kappa shape index (κ1) is 14.5. The van der Waals surface area contributed by atoms with E-state index in [-0.39, 0.29) is 5.56 Å². The number of carboxylic acids is 1. The molecule has 19 heavy (non-hydrogen) atoms. The molecule has 98 valence electrons. The molecule has 8 nitrogen and oxygen atoms in total. The average Bonchev–Trinajstić information content (AvgIpc) is 2.41. The van der Waals surface area contributed by atoms with Gasteiger partial charge < -0.3 is 10.3 Å². The minimum atomic E-state index is -0.985. The molecule has 0 saturated heterocycles. The van der Waals surface area contributed by atoms with Crippen LogP contribution in [0, 0.1) is 4.91 Å². The van der Waals surface area contributed by atoms with E-state index in [4.69, 9.17) is 15.2 Å². The van der Waals surface area contributed by atoms with E-state index in [0.717, 1.165) is 0 Å². The van der Waals surface area contributed by atoms with Crippen molar-refractivity contribution in [3.8, 4) is 0 Å². The second kappa shape index (κ2) is 7.71. The van der Waals surface area contributed by atoms with Crippen LogP contribution in [0.4, 0.5) is 0 Å². The van der Waals surface area contributed by atoms with Gasteiger partial charge in [-0.1, -0.05) is 0 Å². The topological polar surface area (TPSA) is 126 Å². The molecule has 0 spiro atoms. The summed E-state index contributed by atoms with van der Waals surface area (Å²) >= 11 is 1.18. The van der Waals surface area contributed by atoms with Gasteiger partial charge in [0, 0.05) is 29.7 Å². The predicted octanol–water partition coefficient (Wildman–Crippen LogP) is 1.86. The van der Waals surface area contributed by atoms with Crippen LogP contribution >= 0.6 is 11.8 Å². The summed E-state index contributed by atoms with van der Waals surface area (Å²) < 4.78 is 0. The van der Waals surface area contributed by atoms with Crippen LogP contribution < -0.4 is 0 Å². The van der Waals surface area contributed by atoms with Crippen molar-refractivity contribution >= 4 is 17.7 Å². The zero-order chi connectivity index (χ0) is 14.1. The quantitative estimate of drug-likeness (QED) is 0.495. The number of hydrogen-bond donors (Lipinski definition) is 2. The minimum absolute atomic E-state index is 0.201. The van der Waals surface area contributed by atoms with Crippen LogP contribution in [0.1, 0.15) is 10.4 Å². The molecule has 2 heterocycles. The maximum Gasteiger partial charge on any atom is 0.336 e. The van der Waals surface area contributed by atoms with E-state index in [2.05, 4.69) is 15.0 Å². The van der Waals surface area contributed by atoms with Gasteiger partial charge >= 0.3 is 5.97 Å². The van der Waals surface area contributed by atoms with Crippen molar-refractivity contribution in [2.75, 3.05) is 0 Å². The lowest BCUT2D eigenvalue weighted by atomic mass is 10.3. The molecule has 0 amide bonds. The maximum atomic E-state index is 10.9. The lowest BCUT2D eigenvalue weighted by Crippen LogP contribution is -1.99. The second-order valence-corrected chi connectivity index (χ2v) is 3.90. The number of carbonyl (C=O) groups is 1. The summed E-state index contributed by atoms with van der Waals surface area (Å²) in [6.07, 6.45) is 6.14. The van der Waals surface area contributed by atoms with Gasteiger partial charge in [0.2, 0.25) is 0 Å². The molecular weight excluding hydrogens is 272 g/mol. The number of pyridine rings is 1. The molecule has 0 aliphatic carbocycles. The Labute approximate surface area is 111 Å². The molecule has 0 aliphatic heterocycles. The van der Waals surface area contributed by atoms with Gasteiger partial charge in [-0.15, -0.1) is 4.91 Å². The summed E-state index contributed by atoms with van der Waals surface area (Å²) in [6, 6.07) is 3.15. The van der Waals surface area contributed by atoms with Crippen LogP contribution in [0.5, 0.6) is 0 Å². The number of aromatic nitrogens is 3. The first-order valence-corrected chi connectivity index (χ1v) is 5.59. The normalized spacial score (nSPS) is 9.05. The molecule has 0 bridgehead atoms. The molecule has 0 atom stereocenters. The summed E-state index contributed by atoms with van der Waals surface area (Å²) in [5.41, 5.74) is 0.201. The SMILES string of the molecule is O=C(O)c1ccncc1Sc1ncccn1.O=NO. The van der Waals surface area contributed by atoms with E-state index in [9.17, 15) is 4.79 Å². The number of nitrogens with zero attached hydrogens (tertiary/aromatic N) is 4. The van der Waals surface area contributed by atoms with Crippen molar-refractivity contribution < 1.29 is 15.1 Å². The predicted molar refractivity (Wildman–Crippen MR) is 64.9 cm³/mol. The van der Waals surface area contributed by atoms with Gasteiger partial charge in [-0.05, 0) is 23.9 Å². The number of rotatable bonds is 3. The van der Waals surface area contributed by atoms with Crippen molar-refractivity contribution in [3.63, 3.8) is 0 Å². The largest absolute Gasteiger partial charge is 0.478 e. The van der Waals surface area contributed by atoms with Gasteiger partial charge in [0.15, 0.2) is 10.5 Å². The zero-order valence-corrected chi connectivity index (χ0v) is 10.2. The van der Waals surface area contributed by atoms with Crippen LogP contribution in [-0.4, -0.2) is 31.2 Å². The van der Waals surface area contributed by atoms with Gasteiger partial charge in [-0.3, -0.25) is 4.98 Å². The maximum absolute atomic E-state index is 10.9. The van der Waals surface area contributed by atoms with Crippen molar-refractivity contribution in [1.82, 2.24) is 15.0 Å². The number of hydrogen-bond acceptors (Lipinski definition) is 7. The third kappa shape index (κ3) is 4.68. The van der Waals surface area contributed by atoms with Gasteiger partial charge in [0.25, 0.3) is 0 Å². The Kier molecular flexibility index (Phi) is 5.89. The Bertz CT molecular complexity index is 552. The Morgan fingerprint density at radius 1 is 1.26 bits per heavy atom. The summed E-state index contributed by atoms with van der Waals surface area (Å²) in [4.78, 5) is 31.5. The molecule has 2 N–H and O–H groups in total. The number of carboxylic acid groups (broad SMARTS) is 1. The van der Waals surface area contributed by atoms with Crippen molar-refractivity contribution in [1.29, 1.82) is 0 Å². The average molecular weight is 280 g/mol. The van der Waals surface area contributed by atoms with Gasteiger partial charge in [-0.25, -0.2) is 14.8 Å². The third-order valence-electron chi connectivity index (χ3n) is 1.76. The van der Waals surface area contributed by atoms with Crippen molar-refractivity contribution in [3.05, 3.63) is 47.4 Å². The fraction of sp³-hybridized carbons (Fsp3) is 0. The van der Waals surface area contributed by atoms with Crippen LogP contribution in [0.25, 0.3) is 0 Å². The summed E-state index contributed by atoms with van der Waals surface area (Å²) in [5, 5.41) is 17.3. The fourth-order valence-corrected chi connectivity index (χ4v) is 1.88. The molecule has 2 rings (SSSR count). The zero-order valence-electron chi connectivity index (χ0n) is 9.37. The summed E-state index contributed by atoms with van der Waals surface area (Å²) in [6.45, 7) is 0. The summed E-state index contributed by atoms with van der Waals surface area (Å²) in [7, 11) is 0.